The number of hydrogen-bond donors (Lipinski definition) is 1. The quantitative estimate of drug-likeness (QED) is 0.895. The maximum Gasteiger partial charge on any atom is 0.130 e. The van der Waals surface area contributed by atoms with E-state index in [2.05, 4.69) is 31.2 Å². The molecule has 0 spiro atoms. The van der Waals surface area contributed by atoms with Gasteiger partial charge in [-0.25, -0.2) is 0 Å². The van der Waals surface area contributed by atoms with Crippen LogP contribution < -0.4 is 5.32 Å². The summed E-state index contributed by atoms with van der Waals surface area (Å²) in [6.07, 6.45) is 0.824. The lowest BCUT2D eigenvalue weighted by Crippen LogP contribution is -2.36. The van der Waals surface area contributed by atoms with E-state index >= 15 is 0 Å². The largest absolute Gasteiger partial charge is 0.374 e. The molecule has 1 aromatic heterocycles. The fraction of sp³-hybridized carbons (Fsp3) is 0.769. The Balaban J connectivity index is 2.68. The number of aromatic nitrogens is 2. The van der Waals surface area contributed by atoms with Gasteiger partial charge in [0.2, 0.25) is 0 Å². The molecule has 1 unspecified atom stereocenters. The Hall–Kier alpha value is -0.580. The average Bonchev–Trinajstić information content (AvgIpc) is 2.48. The smallest absolute Gasteiger partial charge is 0.130 e. The first-order chi connectivity index (χ1) is 8.24. The van der Waals surface area contributed by atoms with Gasteiger partial charge in [-0.15, -0.1) is 0 Å². The van der Waals surface area contributed by atoms with E-state index in [0.717, 1.165) is 17.7 Å². The fourth-order valence-electron chi connectivity index (χ4n) is 1.75. The second kappa shape index (κ2) is 6.04. The van der Waals surface area contributed by atoms with Crippen molar-refractivity contribution >= 4 is 11.6 Å². The molecule has 0 aliphatic carbocycles. The number of hydrogen-bond acceptors (Lipinski definition) is 3. The maximum absolute atomic E-state index is 6.24. The molecule has 0 saturated heterocycles. The SMILES string of the molecule is CNC(COC(C)(C)C)Cc1c(C)nn(C)c1Cl. The summed E-state index contributed by atoms with van der Waals surface area (Å²) in [7, 11) is 3.80. The lowest BCUT2D eigenvalue weighted by atomic mass is 10.1. The maximum atomic E-state index is 6.24. The van der Waals surface area contributed by atoms with E-state index in [9.17, 15) is 0 Å². The van der Waals surface area contributed by atoms with Gasteiger partial charge in [0.1, 0.15) is 5.15 Å². The van der Waals surface area contributed by atoms with Crippen LogP contribution in [0.3, 0.4) is 0 Å². The molecule has 0 aromatic carbocycles. The minimum atomic E-state index is -0.122. The standard InChI is InChI=1S/C13H24ClN3O/c1-9-11(12(14)17(6)16-9)7-10(15-5)8-18-13(2,3)4/h10,15H,7-8H2,1-6H3. The number of aryl methyl sites for hydroxylation is 2. The van der Waals surface area contributed by atoms with Crippen LogP contribution in [0.25, 0.3) is 0 Å². The van der Waals surface area contributed by atoms with Crippen molar-refractivity contribution in [3.05, 3.63) is 16.4 Å². The van der Waals surface area contributed by atoms with E-state index in [1.54, 1.807) is 4.68 Å². The van der Waals surface area contributed by atoms with Crippen molar-refractivity contribution in [1.82, 2.24) is 15.1 Å². The van der Waals surface area contributed by atoms with E-state index in [0.29, 0.717) is 11.8 Å². The van der Waals surface area contributed by atoms with Crippen LogP contribution in [0.4, 0.5) is 0 Å². The summed E-state index contributed by atoms with van der Waals surface area (Å²) in [5.41, 5.74) is 1.96. The number of nitrogens with zero attached hydrogens (tertiary/aromatic N) is 2. The molecule has 0 aliphatic rings. The van der Waals surface area contributed by atoms with Gasteiger partial charge in [0.15, 0.2) is 0 Å². The zero-order chi connectivity index (χ0) is 13.9. The summed E-state index contributed by atoms with van der Waals surface area (Å²) in [5, 5.41) is 8.30. The minimum absolute atomic E-state index is 0.122. The van der Waals surface area contributed by atoms with Crippen LogP contribution in [-0.2, 0) is 18.2 Å². The molecule has 1 aromatic rings. The molecule has 104 valence electrons. The van der Waals surface area contributed by atoms with Gasteiger partial charge in [-0.3, -0.25) is 4.68 Å². The molecule has 0 bridgehead atoms. The lowest BCUT2D eigenvalue weighted by Gasteiger charge is -2.24. The van der Waals surface area contributed by atoms with E-state index in [4.69, 9.17) is 16.3 Å². The third-order valence-electron chi connectivity index (χ3n) is 2.85. The monoisotopic (exact) mass is 273 g/mol. The number of ether oxygens (including phenoxy) is 1. The summed E-state index contributed by atoms with van der Waals surface area (Å²) in [6.45, 7) is 8.81. The van der Waals surface area contributed by atoms with E-state index in [1.807, 2.05) is 21.0 Å². The Labute approximate surface area is 115 Å². The predicted octanol–water partition coefficient (Wildman–Crippen LogP) is 2.33. The van der Waals surface area contributed by atoms with Gasteiger partial charge >= 0.3 is 0 Å². The van der Waals surface area contributed by atoms with Gasteiger partial charge in [0.05, 0.1) is 17.9 Å². The molecular formula is C13H24ClN3O. The van der Waals surface area contributed by atoms with Crippen LogP contribution in [-0.4, -0.2) is 35.1 Å². The molecule has 0 aliphatic heterocycles. The lowest BCUT2D eigenvalue weighted by molar-refractivity contribution is -0.0134. The molecule has 1 N–H and O–H groups in total. The molecule has 0 radical (unpaired) electrons. The highest BCUT2D eigenvalue weighted by Gasteiger charge is 2.18. The summed E-state index contributed by atoms with van der Waals surface area (Å²) in [4.78, 5) is 0. The van der Waals surface area contributed by atoms with Gasteiger partial charge in [-0.05, 0) is 41.2 Å². The number of halogens is 1. The van der Waals surface area contributed by atoms with Gasteiger partial charge < -0.3 is 10.1 Å². The highest BCUT2D eigenvalue weighted by molar-refractivity contribution is 6.30. The van der Waals surface area contributed by atoms with Crippen molar-refractivity contribution in [2.75, 3.05) is 13.7 Å². The number of nitrogens with one attached hydrogen (secondary N) is 1. The van der Waals surface area contributed by atoms with Crippen LogP contribution in [0.1, 0.15) is 32.0 Å². The van der Waals surface area contributed by atoms with Crippen LogP contribution in [0, 0.1) is 6.92 Å². The Morgan fingerprint density at radius 3 is 2.44 bits per heavy atom. The topological polar surface area (TPSA) is 39.1 Å². The molecule has 1 heterocycles. The minimum Gasteiger partial charge on any atom is -0.374 e. The first-order valence-corrected chi connectivity index (χ1v) is 6.61. The predicted molar refractivity (Wildman–Crippen MR) is 75.2 cm³/mol. The zero-order valence-corrected chi connectivity index (χ0v) is 12.9. The van der Waals surface area contributed by atoms with Gasteiger partial charge in [-0.2, -0.15) is 5.10 Å². The summed E-state index contributed by atoms with van der Waals surface area (Å²) >= 11 is 6.24. The van der Waals surface area contributed by atoms with Crippen molar-refractivity contribution in [2.45, 2.75) is 45.8 Å². The van der Waals surface area contributed by atoms with Gasteiger partial charge in [0.25, 0.3) is 0 Å². The first kappa shape index (κ1) is 15.5. The van der Waals surface area contributed by atoms with Crippen molar-refractivity contribution < 1.29 is 4.74 Å². The molecular weight excluding hydrogens is 250 g/mol. The highest BCUT2D eigenvalue weighted by atomic mass is 35.5. The Morgan fingerprint density at radius 2 is 2.06 bits per heavy atom. The van der Waals surface area contributed by atoms with Crippen LogP contribution in [0.2, 0.25) is 5.15 Å². The van der Waals surface area contributed by atoms with Crippen LogP contribution >= 0.6 is 11.6 Å². The Morgan fingerprint density at radius 1 is 1.44 bits per heavy atom. The van der Waals surface area contributed by atoms with E-state index < -0.39 is 0 Å². The van der Waals surface area contributed by atoms with Crippen molar-refractivity contribution in [3.63, 3.8) is 0 Å². The first-order valence-electron chi connectivity index (χ1n) is 6.23. The highest BCUT2D eigenvalue weighted by Crippen LogP contribution is 2.20. The third-order valence-corrected chi connectivity index (χ3v) is 3.32. The van der Waals surface area contributed by atoms with Crippen molar-refractivity contribution in [1.29, 1.82) is 0 Å². The van der Waals surface area contributed by atoms with Gasteiger partial charge in [-0.1, -0.05) is 11.6 Å². The molecule has 0 amide bonds. The average molecular weight is 274 g/mol. The van der Waals surface area contributed by atoms with Crippen molar-refractivity contribution in [2.24, 2.45) is 7.05 Å². The second-order valence-corrected chi connectivity index (χ2v) is 5.95. The third kappa shape index (κ3) is 4.26. The summed E-state index contributed by atoms with van der Waals surface area (Å²) < 4.78 is 7.52. The van der Waals surface area contributed by atoms with E-state index in [-0.39, 0.29) is 11.6 Å². The van der Waals surface area contributed by atoms with Crippen LogP contribution in [0.15, 0.2) is 0 Å². The molecule has 5 heteroatoms. The molecule has 1 rings (SSSR count). The summed E-state index contributed by atoms with van der Waals surface area (Å²) in [5.74, 6) is 0. The van der Waals surface area contributed by atoms with Crippen LogP contribution in [0.5, 0.6) is 0 Å². The molecule has 1 atom stereocenters. The summed E-state index contributed by atoms with van der Waals surface area (Å²) in [6, 6.07) is 0.240. The molecule has 18 heavy (non-hydrogen) atoms. The fourth-order valence-corrected chi connectivity index (χ4v) is 2.00. The van der Waals surface area contributed by atoms with Gasteiger partial charge in [0, 0.05) is 18.7 Å². The normalized spacial score (nSPS) is 13.9. The number of rotatable bonds is 5. The second-order valence-electron chi connectivity index (χ2n) is 5.59. The molecule has 4 nitrogen and oxygen atoms in total. The zero-order valence-electron chi connectivity index (χ0n) is 12.2. The van der Waals surface area contributed by atoms with Crippen molar-refractivity contribution in [3.8, 4) is 0 Å². The Bertz CT molecular complexity index is 396. The van der Waals surface area contributed by atoms with E-state index in [1.165, 1.54) is 0 Å². The molecule has 0 fully saturated rings. The number of likely N-dealkylation sites (N-methyl/N-ethyl adjacent to an activating group) is 1. The molecule has 0 saturated carbocycles. The Kier molecular flexibility index (Phi) is 5.20.